The van der Waals surface area contributed by atoms with Crippen molar-refractivity contribution >= 4 is 23.3 Å². The van der Waals surface area contributed by atoms with Gasteiger partial charge in [0.2, 0.25) is 0 Å². The lowest BCUT2D eigenvalue weighted by Gasteiger charge is -2.20. The average molecular weight is 278 g/mol. The van der Waals surface area contributed by atoms with E-state index in [2.05, 4.69) is 0 Å². The zero-order valence-electron chi connectivity index (χ0n) is 11.9. The van der Waals surface area contributed by atoms with Crippen molar-refractivity contribution in [1.82, 2.24) is 0 Å². The summed E-state index contributed by atoms with van der Waals surface area (Å²) in [5.74, 6) is -1.36. The molecular formula is C15H18O5. The molecule has 0 saturated carbocycles. The van der Waals surface area contributed by atoms with Crippen LogP contribution in [0.2, 0.25) is 0 Å². The van der Waals surface area contributed by atoms with Gasteiger partial charge in [-0.3, -0.25) is 14.4 Å². The molecule has 1 aliphatic heterocycles. The van der Waals surface area contributed by atoms with Gasteiger partial charge < -0.3 is 9.53 Å². The van der Waals surface area contributed by atoms with E-state index < -0.39 is 6.10 Å². The molecule has 0 radical (unpaired) electrons. The van der Waals surface area contributed by atoms with E-state index in [9.17, 15) is 19.2 Å². The summed E-state index contributed by atoms with van der Waals surface area (Å²) in [5.41, 5.74) is 0.732. The van der Waals surface area contributed by atoms with Gasteiger partial charge in [-0.1, -0.05) is 6.92 Å². The summed E-state index contributed by atoms with van der Waals surface area (Å²) in [6.45, 7) is 4.83. The molecule has 1 heterocycles. The third-order valence-corrected chi connectivity index (χ3v) is 4.20. The predicted octanol–water partition coefficient (Wildman–Crippen LogP) is 1.39. The SMILES string of the molecule is CC(=O)CCC1C(C)C(=O)OC1C1=C(C)C(=O)CC1=O. The highest BCUT2D eigenvalue weighted by Crippen LogP contribution is 2.39. The molecule has 3 unspecified atom stereocenters. The van der Waals surface area contributed by atoms with E-state index in [0.717, 1.165) is 0 Å². The van der Waals surface area contributed by atoms with E-state index in [1.54, 1.807) is 13.8 Å². The number of carbonyl (C=O) groups excluding carboxylic acids is 4. The van der Waals surface area contributed by atoms with E-state index in [4.69, 9.17) is 4.74 Å². The summed E-state index contributed by atoms with van der Waals surface area (Å²) >= 11 is 0. The Morgan fingerprint density at radius 3 is 2.40 bits per heavy atom. The summed E-state index contributed by atoms with van der Waals surface area (Å²) in [4.78, 5) is 46.5. The normalized spacial score (nSPS) is 30.1. The number of hydrogen-bond donors (Lipinski definition) is 0. The fourth-order valence-electron chi connectivity index (χ4n) is 2.91. The van der Waals surface area contributed by atoms with Crippen molar-refractivity contribution < 1.29 is 23.9 Å². The molecule has 0 aromatic rings. The van der Waals surface area contributed by atoms with Crippen molar-refractivity contribution in [3.8, 4) is 0 Å². The summed E-state index contributed by atoms with van der Waals surface area (Å²) in [7, 11) is 0. The van der Waals surface area contributed by atoms with Gasteiger partial charge in [0.05, 0.1) is 12.3 Å². The fourth-order valence-corrected chi connectivity index (χ4v) is 2.91. The Bertz CT molecular complexity index is 528. The van der Waals surface area contributed by atoms with Crippen LogP contribution in [0.25, 0.3) is 0 Å². The highest BCUT2D eigenvalue weighted by atomic mass is 16.6. The van der Waals surface area contributed by atoms with Crippen molar-refractivity contribution in [3.05, 3.63) is 11.1 Å². The Balaban J connectivity index is 2.29. The van der Waals surface area contributed by atoms with Gasteiger partial charge in [-0.05, 0) is 20.3 Å². The predicted molar refractivity (Wildman–Crippen MR) is 69.8 cm³/mol. The smallest absolute Gasteiger partial charge is 0.309 e. The molecule has 20 heavy (non-hydrogen) atoms. The van der Waals surface area contributed by atoms with E-state index in [1.807, 2.05) is 0 Å². The minimum absolute atomic E-state index is 0.0369. The second-order valence-corrected chi connectivity index (χ2v) is 5.61. The number of allylic oxidation sites excluding steroid dienone is 1. The monoisotopic (exact) mass is 278 g/mol. The molecule has 5 heteroatoms. The number of cyclic esters (lactones) is 1. The minimum Gasteiger partial charge on any atom is -0.457 e. The van der Waals surface area contributed by atoms with Gasteiger partial charge in [-0.25, -0.2) is 0 Å². The fraction of sp³-hybridized carbons (Fsp3) is 0.600. The minimum atomic E-state index is -0.671. The maximum absolute atomic E-state index is 11.9. The molecule has 2 aliphatic rings. The quantitative estimate of drug-likeness (QED) is 0.573. The first kappa shape index (κ1) is 14.6. The van der Waals surface area contributed by atoms with Crippen LogP contribution in [0.5, 0.6) is 0 Å². The number of carbonyl (C=O) groups is 4. The maximum atomic E-state index is 11.9. The molecule has 0 aromatic heterocycles. The van der Waals surface area contributed by atoms with Crippen LogP contribution in [-0.4, -0.2) is 29.4 Å². The summed E-state index contributed by atoms with van der Waals surface area (Å²) in [6, 6.07) is 0. The number of esters is 1. The molecule has 5 nitrogen and oxygen atoms in total. The van der Waals surface area contributed by atoms with Crippen LogP contribution in [0.4, 0.5) is 0 Å². The lowest BCUT2D eigenvalue weighted by atomic mass is 9.83. The van der Waals surface area contributed by atoms with Crippen LogP contribution in [0, 0.1) is 11.8 Å². The summed E-state index contributed by atoms with van der Waals surface area (Å²) < 4.78 is 5.31. The van der Waals surface area contributed by atoms with E-state index in [-0.39, 0.29) is 41.6 Å². The maximum Gasteiger partial charge on any atom is 0.309 e. The third kappa shape index (κ3) is 2.44. The Labute approximate surface area is 117 Å². The first-order valence-corrected chi connectivity index (χ1v) is 6.80. The Kier molecular flexibility index (Phi) is 3.88. The molecule has 1 saturated heterocycles. The Hall–Kier alpha value is -1.78. The number of rotatable bonds is 4. The number of Topliss-reactive ketones (excluding diaryl/α,β-unsaturated/α-hetero) is 3. The van der Waals surface area contributed by atoms with Crippen molar-refractivity contribution in [2.45, 2.75) is 46.1 Å². The standard InChI is InChI=1S/C15H18O5/c1-7(16)4-5-10-8(2)15(19)20-14(10)13-9(3)11(17)6-12(13)18/h8,10,14H,4-6H2,1-3H3. The zero-order chi connectivity index (χ0) is 15.0. The van der Waals surface area contributed by atoms with Crippen molar-refractivity contribution in [1.29, 1.82) is 0 Å². The van der Waals surface area contributed by atoms with Gasteiger partial charge >= 0.3 is 5.97 Å². The number of hydrogen-bond acceptors (Lipinski definition) is 5. The van der Waals surface area contributed by atoms with Crippen LogP contribution in [0.15, 0.2) is 11.1 Å². The van der Waals surface area contributed by atoms with E-state index >= 15 is 0 Å². The molecule has 108 valence electrons. The van der Waals surface area contributed by atoms with Crippen LogP contribution in [0.3, 0.4) is 0 Å². The first-order chi connectivity index (χ1) is 9.32. The molecule has 0 bridgehead atoms. The molecule has 0 N–H and O–H groups in total. The van der Waals surface area contributed by atoms with E-state index in [1.165, 1.54) is 6.92 Å². The molecule has 3 atom stereocenters. The van der Waals surface area contributed by atoms with Crippen LogP contribution >= 0.6 is 0 Å². The van der Waals surface area contributed by atoms with Gasteiger partial charge in [-0.2, -0.15) is 0 Å². The summed E-state index contributed by atoms with van der Waals surface area (Å²) in [6.07, 6.45) is 0.0286. The van der Waals surface area contributed by atoms with Gasteiger partial charge in [0.15, 0.2) is 11.6 Å². The van der Waals surface area contributed by atoms with Crippen molar-refractivity contribution in [2.75, 3.05) is 0 Å². The number of ketones is 3. The van der Waals surface area contributed by atoms with Crippen LogP contribution < -0.4 is 0 Å². The highest BCUT2D eigenvalue weighted by molar-refractivity contribution is 6.22. The lowest BCUT2D eigenvalue weighted by Crippen LogP contribution is -2.25. The van der Waals surface area contributed by atoms with E-state index in [0.29, 0.717) is 24.0 Å². The van der Waals surface area contributed by atoms with Gasteiger partial charge in [0.1, 0.15) is 11.9 Å². The Morgan fingerprint density at radius 1 is 1.25 bits per heavy atom. The van der Waals surface area contributed by atoms with Crippen LogP contribution in [-0.2, 0) is 23.9 Å². The largest absolute Gasteiger partial charge is 0.457 e. The molecule has 0 aromatic carbocycles. The second-order valence-electron chi connectivity index (χ2n) is 5.61. The zero-order valence-corrected chi connectivity index (χ0v) is 11.9. The van der Waals surface area contributed by atoms with Crippen LogP contribution in [0.1, 0.15) is 40.0 Å². The molecule has 2 rings (SSSR count). The lowest BCUT2D eigenvalue weighted by molar-refractivity contribution is -0.143. The molecular weight excluding hydrogens is 260 g/mol. The first-order valence-electron chi connectivity index (χ1n) is 6.80. The van der Waals surface area contributed by atoms with Crippen molar-refractivity contribution in [3.63, 3.8) is 0 Å². The Morgan fingerprint density at radius 2 is 1.90 bits per heavy atom. The summed E-state index contributed by atoms with van der Waals surface area (Å²) in [5, 5.41) is 0. The third-order valence-electron chi connectivity index (χ3n) is 4.20. The molecule has 1 aliphatic carbocycles. The second kappa shape index (κ2) is 5.31. The van der Waals surface area contributed by atoms with Gasteiger partial charge in [-0.15, -0.1) is 0 Å². The van der Waals surface area contributed by atoms with Gasteiger partial charge in [0, 0.05) is 23.5 Å². The van der Waals surface area contributed by atoms with Gasteiger partial charge in [0.25, 0.3) is 0 Å². The molecule has 1 fully saturated rings. The topological polar surface area (TPSA) is 77.5 Å². The van der Waals surface area contributed by atoms with Crippen molar-refractivity contribution in [2.24, 2.45) is 11.8 Å². The molecule has 0 spiro atoms. The average Bonchev–Trinajstić information content (AvgIpc) is 2.76. The molecule has 0 amide bonds. The highest BCUT2D eigenvalue weighted by Gasteiger charge is 2.47. The number of ether oxygens (including phenoxy) is 1.